The van der Waals surface area contributed by atoms with Gasteiger partial charge in [-0.1, -0.05) is 0 Å². The van der Waals surface area contributed by atoms with Crippen LogP contribution in [0.4, 0.5) is 4.39 Å². The topological polar surface area (TPSA) is 54.5 Å². The van der Waals surface area contributed by atoms with E-state index >= 15 is 0 Å². The van der Waals surface area contributed by atoms with E-state index in [0.29, 0.717) is 11.3 Å². The molecular weight excluding hydrogens is 345 g/mol. The number of ether oxygens (including phenoxy) is 1. The summed E-state index contributed by atoms with van der Waals surface area (Å²) in [6.45, 7) is 2.68. The molecule has 2 aliphatic rings. The average molecular weight is 369 g/mol. The molecule has 0 bridgehead atoms. The highest BCUT2D eigenvalue weighted by atomic mass is 19.1. The number of likely N-dealkylation sites (tertiary alicyclic amines) is 1. The van der Waals surface area contributed by atoms with Crippen molar-refractivity contribution < 1.29 is 13.9 Å². The number of aromatic nitrogens is 1. The minimum absolute atomic E-state index is 0.00670. The van der Waals surface area contributed by atoms with Crippen molar-refractivity contribution in [2.24, 2.45) is 0 Å². The lowest BCUT2D eigenvalue weighted by Gasteiger charge is -2.23. The Morgan fingerprint density at radius 2 is 2.11 bits per heavy atom. The number of nitrogens with zero attached hydrogens (tertiary/aromatic N) is 2. The first-order valence-corrected chi connectivity index (χ1v) is 9.28. The van der Waals surface area contributed by atoms with Gasteiger partial charge in [0.15, 0.2) is 0 Å². The number of rotatable bonds is 3. The van der Waals surface area contributed by atoms with Crippen LogP contribution in [0.5, 0.6) is 5.75 Å². The Morgan fingerprint density at radius 1 is 1.30 bits per heavy atom. The Labute approximate surface area is 158 Å². The molecule has 27 heavy (non-hydrogen) atoms. The maximum atomic E-state index is 14.4. The van der Waals surface area contributed by atoms with E-state index in [1.165, 1.54) is 6.07 Å². The van der Waals surface area contributed by atoms with Crippen molar-refractivity contribution in [1.82, 2.24) is 15.2 Å². The molecule has 0 aliphatic carbocycles. The van der Waals surface area contributed by atoms with Gasteiger partial charge in [-0.3, -0.25) is 15.1 Å². The summed E-state index contributed by atoms with van der Waals surface area (Å²) in [6, 6.07) is 8.52. The first kappa shape index (κ1) is 17.9. The van der Waals surface area contributed by atoms with Gasteiger partial charge in [-0.2, -0.15) is 0 Å². The fourth-order valence-corrected chi connectivity index (χ4v) is 4.27. The first-order chi connectivity index (χ1) is 12.9. The lowest BCUT2D eigenvalue weighted by molar-refractivity contribution is -0.131. The SMILES string of the molecule is COc1ccc(F)c(-c2cc(C)nc(C3CCC4(CCN(C)C4=O)N3)c2)c1. The second-order valence-corrected chi connectivity index (χ2v) is 7.56. The van der Waals surface area contributed by atoms with Gasteiger partial charge in [0.25, 0.3) is 0 Å². The summed E-state index contributed by atoms with van der Waals surface area (Å²) in [5.74, 6) is 0.479. The van der Waals surface area contributed by atoms with E-state index in [0.717, 1.165) is 42.8 Å². The maximum absolute atomic E-state index is 14.4. The fourth-order valence-electron chi connectivity index (χ4n) is 4.27. The van der Waals surface area contributed by atoms with Gasteiger partial charge in [-0.05, 0) is 62.1 Å². The normalized spacial score (nSPS) is 24.8. The van der Waals surface area contributed by atoms with Gasteiger partial charge < -0.3 is 9.64 Å². The number of nitrogens with one attached hydrogen (secondary N) is 1. The summed E-state index contributed by atoms with van der Waals surface area (Å²) in [7, 11) is 3.42. The number of carbonyl (C=O) groups excluding carboxylic acids is 1. The third-order valence-corrected chi connectivity index (χ3v) is 5.76. The van der Waals surface area contributed by atoms with E-state index in [9.17, 15) is 9.18 Å². The minimum Gasteiger partial charge on any atom is -0.497 e. The Hall–Kier alpha value is -2.47. The maximum Gasteiger partial charge on any atom is 0.242 e. The number of aryl methyl sites for hydroxylation is 1. The minimum atomic E-state index is -0.466. The van der Waals surface area contributed by atoms with Crippen molar-refractivity contribution in [1.29, 1.82) is 0 Å². The lowest BCUT2D eigenvalue weighted by atomic mass is 9.96. The fraction of sp³-hybridized carbons (Fsp3) is 0.429. The lowest BCUT2D eigenvalue weighted by Crippen LogP contribution is -2.47. The van der Waals surface area contributed by atoms with E-state index < -0.39 is 5.54 Å². The van der Waals surface area contributed by atoms with Gasteiger partial charge >= 0.3 is 0 Å². The van der Waals surface area contributed by atoms with Crippen molar-refractivity contribution in [3.05, 3.63) is 47.5 Å². The predicted octanol–water partition coefficient (Wildman–Crippen LogP) is 3.23. The molecule has 1 aromatic carbocycles. The van der Waals surface area contributed by atoms with Crippen LogP contribution in [-0.2, 0) is 4.79 Å². The Bertz CT molecular complexity index is 901. The molecule has 1 N–H and O–H groups in total. The molecule has 142 valence electrons. The van der Waals surface area contributed by atoms with Crippen LogP contribution >= 0.6 is 0 Å². The number of amides is 1. The molecule has 0 saturated carbocycles. The number of hydrogen-bond acceptors (Lipinski definition) is 4. The summed E-state index contributed by atoms with van der Waals surface area (Å²) >= 11 is 0. The number of hydrogen-bond donors (Lipinski definition) is 1. The van der Waals surface area contributed by atoms with Crippen LogP contribution in [0.25, 0.3) is 11.1 Å². The summed E-state index contributed by atoms with van der Waals surface area (Å²) in [4.78, 5) is 19.0. The zero-order valence-corrected chi connectivity index (χ0v) is 15.9. The third kappa shape index (κ3) is 3.08. The molecule has 0 radical (unpaired) electrons. The van der Waals surface area contributed by atoms with Crippen molar-refractivity contribution in [3.8, 4) is 16.9 Å². The van der Waals surface area contributed by atoms with Crippen LogP contribution in [0.2, 0.25) is 0 Å². The zero-order valence-electron chi connectivity index (χ0n) is 15.9. The molecule has 2 aromatic rings. The first-order valence-electron chi connectivity index (χ1n) is 9.28. The summed E-state index contributed by atoms with van der Waals surface area (Å²) in [5, 5.41) is 3.53. The van der Waals surface area contributed by atoms with Crippen molar-refractivity contribution in [2.45, 2.75) is 37.8 Å². The summed E-state index contributed by atoms with van der Waals surface area (Å²) in [5.41, 5.74) is 2.47. The molecule has 6 heteroatoms. The number of benzene rings is 1. The molecule has 5 nitrogen and oxygen atoms in total. The Kier molecular flexibility index (Phi) is 4.38. The van der Waals surface area contributed by atoms with Crippen molar-refractivity contribution in [2.75, 3.05) is 20.7 Å². The highest BCUT2D eigenvalue weighted by Crippen LogP contribution is 2.39. The van der Waals surface area contributed by atoms with Crippen LogP contribution < -0.4 is 10.1 Å². The predicted molar refractivity (Wildman–Crippen MR) is 101 cm³/mol. The number of carbonyl (C=O) groups is 1. The second-order valence-electron chi connectivity index (χ2n) is 7.56. The zero-order chi connectivity index (χ0) is 19.2. The van der Waals surface area contributed by atoms with Gasteiger partial charge in [-0.25, -0.2) is 4.39 Å². The van der Waals surface area contributed by atoms with Gasteiger partial charge in [0.1, 0.15) is 17.1 Å². The van der Waals surface area contributed by atoms with Crippen LogP contribution in [0, 0.1) is 12.7 Å². The molecule has 2 atom stereocenters. The van der Waals surface area contributed by atoms with Crippen molar-refractivity contribution >= 4 is 5.91 Å². The highest BCUT2D eigenvalue weighted by Gasteiger charge is 2.50. The third-order valence-electron chi connectivity index (χ3n) is 5.76. The molecule has 2 fully saturated rings. The average Bonchev–Trinajstić information content (AvgIpc) is 3.22. The van der Waals surface area contributed by atoms with Gasteiger partial charge in [0, 0.05) is 24.8 Å². The molecular formula is C21H24FN3O2. The molecule has 4 rings (SSSR count). The number of halogens is 1. The number of pyridine rings is 1. The standard InChI is InChI=1S/C21H24FN3O2/c1-13-10-14(16-12-15(27-3)4-5-17(16)22)11-19(23-13)18-6-7-21(24-18)8-9-25(2)20(21)26/h4-5,10-12,18,24H,6-9H2,1-3H3. The molecule has 1 amide bonds. The van der Waals surface area contributed by atoms with Gasteiger partial charge in [0.05, 0.1) is 18.8 Å². The van der Waals surface area contributed by atoms with Crippen LogP contribution in [-0.4, -0.2) is 42.0 Å². The molecule has 3 heterocycles. The molecule has 1 spiro atoms. The molecule has 2 saturated heterocycles. The van der Waals surface area contributed by atoms with Gasteiger partial charge in [0.2, 0.25) is 5.91 Å². The smallest absolute Gasteiger partial charge is 0.242 e. The Morgan fingerprint density at radius 3 is 2.81 bits per heavy atom. The number of methoxy groups -OCH3 is 1. The highest BCUT2D eigenvalue weighted by molar-refractivity contribution is 5.88. The summed E-state index contributed by atoms with van der Waals surface area (Å²) in [6.07, 6.45) is 2.47. The second kappa shape index (κ2) is 6.60. The molecule has 2 aliphatic heterocycles. The van der Waals surface area contributed by atoms with Crippen LogP contribution in [0.1, 0.15) is 36.7 Å². The molecule has 1 aromatic heterocycles. The van der Waals surface area contributed by atoms with E-state index in [2.05, 4.69) is 10.3 Å². The Balaban J connectivity index is 1.67. The number of likely N-dealkylation sites (N-methyl/N-ethyl adjacent to an activating group) is 1. The monoisotopic (exact) mass is 369 g/mol. The van der Waals surface area contributed by atoms with E-state index in [1.807, 2.05) is 26.1 Å². The largest absolute Gasteiger partial charge is 0.497 e. The summed E-state index contributed by atoms with van der Waals surface area (Å²) < 4.78 is 19.7. The quantitative estimate of drug-likeness (QED) is 0.903. The van der Waals surface area contributed by atoms with E-state index in [1.54, 1.807) is 24.1 Å². The molecule has 2 unspecified atom stereocenters. The van der Waals surface area contributed by atoms with E-state index in [4.69, 9.17) is 4.74 Å². The van der Waals surface area contributed by atoms with Crippen LogP contribution in [0.3, 0.4) is 0 Å². The van der Waals surface area contributed by atoms with Crippen molar-refractivity contribution in [3.63, 3.8) is 0 Å². The van der Waals surface area contributed by atoms with Gasteiger partial charge in [-0.15, -0.1) is 0 Å². The van der Waals surface area contributed by atoms with Crippen LogP contribution in [0.15, 0.2) is 30.3 Å². The van der Waals surface area contributed by atoms with E-state index in [-0.39, 0.29) is 17.8 Å².